The molecule has 5 rings (SSSR count). The van der Waals surface area contributed by atoms with Crippen molar-refractivity contribution in [2.24, 2.45) is 0 Å². The minimum absolute atomic E-state index is 0.293. The zero-order valence-corrected chi connectivity index (χ0v) is 19.9. The number of imidazole rings is 1. The van der Waals surface area contributed by atoms with E-state index in [1.165, 1.54) is 5.69 Å². The van der Waals surface area contributed by atoms with E-state index in [1.54, 1.807) is 0 Å². The SMILES string of the molecule is CCCCn1c(-c2ccccc2)nc(-c2ccccc2)c1CCN(C)c1ccc2c(c1)OCO2. The van der Waals surface area contributed by atoms with Crippen molar-refractivity contribution in [2.75, 3.05) is 25.3 Å². The number of unbranched alkanes of at least 4 members (excludes halogenated alkanes) is 1. The van der Waals surface area contributed by atoms with Gasteiger partial charge in [-0.1, -0.05) is 74.0 Å². The Balaban J connectivity index is 1.50. The monoisotopic (exact) mass is 453 g/mol. The van der Waals surface area contributed by atoms with Crippen molar-refractivity contribution in [1.29, 1.82) is 0 Å². The van der Waals surface area contributed by atoms with Gasteiger partial charge in [-0.05, 0) is 18.6 Å². The molecule has 0 aliphatic carbocycles. The Hall–Kier alpha value is -3.73. The topological polar surface area (TPSA) is 39.5 Å². The van der Waals surface area contributed by atoms with Gasteiger partial charge in [0.2, 0.25) is 6.79 Å². The normalized spacial score (nSPS) is 12.2. The van der Waals surface area contributed by atoms with Gasteiger partial charge in [-0.25, -0.2) is 4.98 Å². The summed E-state index contributed by atoms with van der Waals surface area (Å²) in [6.07, 6.45) is 3.15. The van der Waals surface area contributed by atoms with Crippen LogP contribution in [0.5, 0.6) is 11.5 Å². The summed E-state index contributed by atoms with van der Waals surface area (Å²) in [5.74, 6) is 2.68. The first-order valence-corrected chi connectivity index (χ1v) is 12.1. The highest BCUT2D eigenvalue weighted by Gasteiger charge is 2.20. The van der Waals surface area contributed by atoms with Gasteiger partial charge in [0.1, 0.15) is 5.82 Å². The predicted molar refractivity (Wildman–Crippen MR) is 138 cm³/mol. The van der Waals surface area contributed by atoms with Crippen LogP contribution >= 0.6 is 0 Å². The lowest BCUT2D eigenvalue weighted by Crippen LogP contribution is -2.21. The Bertz CT molecular complexity index is 1240. The van der Waals surface area contributed by atoms with Crippen molar-refractivity contribution < 1.29 is 9.47 Å². The molecule has 1 aromatic heterocycles. The van der Waals surface area contributed by atoms with Gasteiger partial charge in [0.05, 0.1) is 5.69 Å². The van der Waals surface area contributed by atoms with Gasteiger partial charge in [-0.3, -0.25) is 0 Å². The second-order valence-electron chi connectivity index (χ2n) is 8.68. The minimum atomic E-state index is 0.293. The summed E-state index contributed by atoms with van der Waals surface area (Å²) >= 11 is 0. The maximum atomic E-state index is 5.58. The van der Waals surface area contributed by atoms with Crippen LogP contribution in [-0.4, -0.2) is 29.9 Å². The molecule has 174 valence electrons. The molecule has 4 aromatic rings. The molecule has 2 heterocycles. The van der Waals surface area contributed by atoms with Gasteiger partial charge in [-0.2, -0.15) is 0 Å². The molecule has 0 unspecified atom stereocenters. The number of likely N-dealkylation sites (N-methyl/N-ethyl adjacent to an activating group) is 1. The van der Waals surface area contributed by atoms with E-state index >= 15 is 0 Å². The van der Waals surface area contributed by atoms with Crippen LogP contribution in [0.1, 0.15) is 25.5 Å². The van der Waals surface area contributed by atoms with E-state index < -0.39 is 0 Å². The first-order valence-electron chi connectivity index (χ1n) is 12.1. The molecule has 0 N–H and O–H groups in total. The third-order valence-corrected chi connectivity index (χ3v) is 6.37. The zero-order valence-electron chi connectivity index (χ0n) is 19.9. The molecule has 0 spiro atoms. The molecular formula is C29H31N3O2. The number of rotatable bonds is 9. The number of fused-ring (bicyclic) bond motifs is 1. The molecule has 0 fully saturated rings. The second kappa shape index (κ2) is 10.0. The molecule has 1 aliphatic rings. The number of nitrogens with zero attached hydrogens (tertiary/aromatic N) is 3. The number of hydrogen-bond acceptors (Lipinski definition) is 4. The van der Waals surface area contributed by atoms with E-state index in [0.29, 0.717) is 6.79 Å². The molecule has 0 amide bonds. The smallest absolute Gasteiger partial charge is 0.231 e. The summed E-state index contributed by atoms with van der Waals surface area (Å²) < 4.78 is 13.5. The molecule has 3 aromatic carbocycles. The standard InChI is InChI=1S/C29H31N3O2/c1-3-4-18-32-25(17-19-31(2)24-15-16-26-27(20-24)34-21-33-26)28(22-11-7-5-8-12-22)30-29(32)23-13-9-6-10-14-23/h5-16,20H,3-4,17-19,21H2,1-2H3. The van der Waals surface area contributed by atoms with E-state index in [4.69, 9.17) is 14.5 Å². The zero-order chi connectivity index (χ0) is 23.3. The van der Waals surface area contributed by atoms with Crippen molar-refractivity contribution in [3.8, 4) is 34.1 Å². The second-order valence-corrected chi connectivity index (χ2v) is 8.68. The van der Waals surface area contributed by atoms with Crippen molar-refractivity contribution in [3.63, 3.8) is 0 Å². The number of hydrogen-bond donors (Lipinski definition) is 0. The fraction of sp³-hybridized carbons (Fsp3) is 0.276. The van der Waals surface area contributed by atoms with Crippen LogP contribution in [0.25, 0.3) is 22.6 Å². The summed E-state index contributed by atoms with van der Waals surface area (Å²) in [6.45, 7) is 4.36. The highest BCUT2D eigenvalue weighted by atomic mass is 16.7. The maximum Gasteiger partial charge on any atom is 0.231 e. The summed E-state index contributed by atoms with van der Waals surface area (Å²) in [5.41, 5.74) is 5.80. The Morgan fingerprint density at radius 1 is 0.882 bits per heavy atom. The predicted octanol–water partition coefficient (Wildman–Crippen LogP) is 6.42. The first kappa shape index (κ1) is 22.1. The molecule has 1 aliphatic heterocycles. The van der Waals surface area contributed by atoms with Gasteiger partial charge < -0.3 is 18.9 Å². The summed E-state index contributed by atoms with van der Waals surface area (Å²) in [4.78, 5) is 7.48. The summed E-state index contributed by atoms with van der Waals surface area (Å²) in [7, 11) is 2.13. The van der Waals surface area contributed by atoms with Crippen molar-refractivity contribution in [3.05, 3.63) is 84.6 Å². The number of benzene rings is 3. The lowest BCUT2D eigenvalue weighted by atomic mass is 10.1. The van der Waals surface area contributed by atoms with E-state index in [1.807, 2.05) is 6.07 Å². The van der Waals surface area contributed by atoms with Crippen LogP contribution in [0.2, 0.25) is 0 Å². The lowest BCUT2D eigenvalue weighted by molar-refractivity contribution is 0.174. The molecule has 34 heavy (non-hydrogen) atoms. The first-order chi connectivity index (χ1) is 16.7. The minimum Gasteiger partial charge on any atom is -0.454 e. The molecule has 0 radical (unpaired) electrons. The molecule has 0 saturated carbocycles. The fourth-order valence-corrected chi connectivity index (χ4v) is 4.46. The summed E-state index contributed by atoms with van der Waals surface area (Å²) in [5, 5.41) is 0. The van der Waals surface area contributed by atoms with Crippen LogP contribution in [0.4, 0.5) is 5.69 Å². The largest absolute Gasteiger partial charge is 0.454 e. The van der Waals surface area contributed by atoms with E-state index in [2.05, 4.69) is 96.2 Å². The van der Waals surface area contributed by atoms with Crippen LogP contribution in [-0.2, 0) is 13.0 Å². The van der Waals surface area contributed by atoms with Gasteiger partial charge in [0.25, 0.3) is 0 Å². The van der Waals surface area contributed by atoms with Crippen molar-refractivity contribution >= 4 is 5.69 Å². The molecule has 0 bridgehead atoms. The highest BCUT2D eigenvalue weighted by Crippen LogP contribution is 2.36. The third kappa shape index (κ3) is 4.51. The van der Waals surface area contributed by atoms with Crippen LogP contribution in [0.15, 0.2) is 78.9 Å². The number of ether oxygens (including phenoxy) is 2. The van der Waals surface area contributed by atoms with Gasteiger partial charge in [0.15, 0.2) is 11.5 Å². The lowest BCUT2D eigenvalue weighted by Gasteiger charge is -2.21. The highest BCUT2D eigenvalue weighted by molar-refractivity contribution is 5.68. The number of aromatic nitrogens is 2. The maximum absolute atomic E-state index is 5.58. The van der Waals surface area contributed by atoms with Crippen LogP contribution in [0.3, 0.4) is 0 Å². The molecule has 0 saturated heterocycles. The summed E-state index contributed by atoms with van der Waals surface area (Å²) in [6, 6.07) is 27.2. The van der Waals surface area contributed by atoms with Crippen LogP contribution < -0.4 is 14.4 Å². The Kier molecular flexibility index (Phi) is 6.52. The van der Waals surface area contributed by atoms with Gasteiger partial charge in [-0.15, -0.1) is 0 Å². The molecule has 0 atom stereocenters. The van der Waals surface area contributed by atoms with Crippen molar-refractivity contribution in [2.45, 2.75) is 32.7 Å². The Morgan fingerprint density at radius 3 is 2.32 bits per heavy atom. The molecule has 5 nitrogen and oxygen atoms in total. The Morgan fingerprint density at radius 2 is 1.59 bits per heavy atom. The Labute approximate surface area is 201 Å². The fourth-order valence-electron chi connectivity index (χ4n) is 4.46. The van der Waals surface area contributed by atoms with E-state index in [-0.39, 0.29) is 0 Å². The van der Waals surface area contributed by atoms with Gasteiger partial charge >= 0.3 is 0 Å². The van der Waals surface area contributed by atoms with Crippen molar-refractivity contribution in [1.82, 2.24) is 9.55 Å². The van der Waals surface area contributed by atoms with E-state index in [0.717, 1.165) is 72.2 Å². The average molecular weight is 454 g/mol. The average Bonchev–Trinajstić information content (AvgIpc) is 3.51. The van der Waals surface area contributed by atoms with Gasteiger partial charge in [0, 0.05) is 55.1 Å². The number of anilines is 1. The van der Waals surface area contributed by atoms with E-state index in [9.17, 15) is 0 Å². The molecular weight excluding hydrogens is 422 g/mol. The molecule has 5 heteroatoms. The van der Waals surface area contributed by atoms with Crippen LogP contribution in [0, 0.1) is 0 Å². The third-order valence-electron chi connectivity index (χ3n) is 6.37. The quantitative estimate of drug-likeness (QED) is 0.293.